The quantitative estimate of drug-likeness (QED) is 0.700. The summed E-state index contributed by atoms with van der Waals surface area (Å²) in [5.74, 6) is 1.76. The molecule has 0 fully saturated rings. The lowest BCUT2D eigenvalue weighted by Gasteiger charge is -2.08. The number of thioether (sulfide) groups is 1. The molecule has 0 amide bonds. The molecule has 1 heterocycles. The highest BCUT2D eigenvalue weighted by Gasteiger charge is 2.03. The van der Waals surface area contributed by atoms with Gasteiger partial charge < -0.3 is 14.4 Å². The van der Waals surface area contributed by atoms with Crippen molar-refractivity contribution in [2.45, 2.75) is 17.7 Å². The molecule has 2 aromatic carbocycles. The Morgan fingerprint density at radius 2 is 1.62 bits per heavy atom. The highest BCUT2D eigenvalue weighted by molar-refractivity contribution is 7.98. The smallest absolute Gasteiger partial charge is 0.293 e. The number of hydrogen-bond acceptors (Lipinski definition) is 4. The first-order chi connectivity index (χ1) is 11.6. The number of pyridine rings is 1. The van der Waals surface area contributed by atoms with Crippen LogP contribution in [0.3, 0.4) is 0 Å². The van der Waals surface area contributed by atoms with Crippen LogP contribution in [0.4, 0.5) is 0 Å². The van der Waals surface area contributed by atoms with Gasteiger partial charge in [0.1, 0.15) is 11.5 Å². The van der Waals surface area contributed by atoms with E-state index in [1.165, 1.54) is 28.0 Å². The van der Waals surface area contributed by atoms with Gasteiger partial charge in [-0.1, -0.05) is 17.7 Å². The Bertz CT molecular complexity index is 870. The van der Waals surface area contributed by atoms with Crippen LogP contribution in [-0.4, -0.2) is 9.67 Å². The molecule has 0 aliphatic heterocycles. The lowest BCUT2D eigenvalue weighted by molar-refractivity contribution is 0.461. The molecule has 3 aromatic rings. The Morgan fingerprint density at radius 1 is 1.00 bits per heavy atom. The molecular weight excluding hydrogens is 322 g/mol. The molecule has 3 rings (SSSR count). The number of rotatable bonds is 5. The van der Waals surface area contributed by atoms with E-state index >= 15 is 0 Å². The van der Waals surface area contributed by atoms with Crippen molar-refractivity contribution in [2.75, 3.05) is 0 Å². The van der Waals surface area contributed by atoms with Crippen LogP contribution in [0.25, 0.3) is 0 Å². The molecule has 0 aliphatic rings. The van der Waals surface area contributed by atoms with Crippen LogP contribution < -0.4 is 10.3 Å². The topological polar surface area (TPSA) is 51.5 Å². The largest absolute Gasteiger partial charge is 0.503 e. The highest BCUT2D eigenvalue weighted by Crippen LogP contribution is 2.26. The average molecular weight is 339 g/mol. The second kappa shape index (κ2) is 7.27. The summed E-state index contributed by atoms with van der Waals surface area (Å²) in [7, 11) is 0. The maximum absolute atomic E-state index is 11.8. The van der Waals surface area contributed by atoms with Gasteiger partial charge in [-0.15, -0.1) is 11.8 Å². The normalized spacial score (nSPS) is 10.5. The lowest BCUT2D eigenvalue weighted by atomic mass is 10.2. The van der Waals surface area contributed by atoms with Crippen molar-refractivity contribution in [3.8, 4) is 17.2 Å². The summed E-state index contributed by atoms with van der Waals surface area (Å²) in [6, 6.07) is 18.6. The van der Waals surface area contributed by atoms with Gasteiger partial charge in [0.25, 0.3) is 5.56 Å². The Morgan fingerprint density at radius 3 is 2.29 bits per heavy atom. The van der Waals surface area contributed by atoms with Crippen molar-refractivity contribution in [2.24, 2.45) is 0 Å². The van der Waals surface area contributed by atoms with Crippen molar-refractivity contribution < 1.29 is 9.84 Å². The molecule has 0 aliphatic carbocycles. The molecule has 0 saturated heterocycles. The van der Waals surface area contributed by atoms with Gasteiger partial charge in [-0.3, -0.25) is 4.79 Å². The van der Waals surface area contributed by atoms with E-state index in [0.717, 1.165) is 16.4 Å². The molecule has 24 heavy (non-hydrogen) atoms. The number of aromatic nitrogens is 1. The third kappa shape index (κ3) is 4.00. The van der Waals surface area contributed by atoms with E-state index in [2.05, 4.69) is 0 Å². The van der Waals surface area contributed by atoms with E-state index in [-0.39, 0.29) is 11.3 Å². The van der Waals surface area contributed by atoms with Gasteiger partial charge >= 0.3 is 0 Å². The zero-order valence-electron chi connectivity index (χ0n) is 13.2. The Hall–Kier alpha value is -2.66. The first-order valence-electron chi connectivity index (χ1n) is 7.47. The molecule has 4 nitrogen and oxygen atoms in total. The summed E-state index contributed by atoms with van der Waals surface area (Å²) in [6.45, 7) is 2.04. The number of benzene rings is 2. The predicted molar refractivity (Wildman–Crippen MR) is 95.9 cm³/mol. The van der Waals surface area contributed by atoms with Gasteiger partial charge in [-0.05, 0) is 55.5 Å². The van der Waals surface area contributed by atoms with Crippen LogP contribution in [-0.2, 0) is 5.88 Å². The molecule has 1 N–H and O–H groups in total. The fourth-order valence-electron chi connectivity index (χ4n) is 2.12. The van der Waals surface area contributed by atoms with Gasteiger partial charge in [-0.25, -0.2) is 0 Å². The first-order valence-corrected chi connectivity index (χ1v) is 8.46. The predicted octanol–water partition coefficient (Wildman–Crippen LogP) is 4.40. The summed E-state index contributed by atoms with van der Waals surface area (Å²) in [4.78, 5) is 12.8. The van der Waals surface area contributed by atoms with Gasteiger partial charge in [0.2, 0.25) is 0 Å². The second-order valence-corrected chi connectivity index (χ2v) is 6.35. The zero-order valence-corrected chi connectivity index (χ0v) is 14.0. The van der Waals surface area contributed by atoms with E-state index in [1.807, 2.05) is 55.5 Å². The molecule has 122 valence electrons. The zero-order chi connectivity index (χ0) is 16.9. The van der Waals surface area contributed by atoms with E-state index < -0.39 is 0 Å². The third-order valence-electron chi connectivity index (χ3n) is 3.45. The van der Waals surface area contributed by atoms with E-state index in [0.29, 0.717) is 5.88 Å². The molecule has 0 saturated carbocycles. The lowest BCUT2D eigenvalue weighted by Crippen LogP contribution is -2.17. The number of ether oxygens (including phenoxy) is 1. The number of aromatic hydroxyl groups is 1. The molecular formula is C19H17NO3S. The molecule has 0 radical (unpaired) electrons. The maximum Gasteiger partial charge on any atom is 0.293 e. The van der Waals surface area contributed by atoms with Crippen LogP contribution in [0.1, 0.15) is 5.56 Å². The number of hydrogen-bond donors (Lipinski definition) is 1. The van der Waals surface area contributed by atoms with Crippen molar-refractivity contribution in [1.29, 1.82) is 0 Å². The Kier molecular flexibility index (Phi) is 4.91. The van der Waals surface area contributed by atoms with Gasteiger partial charge in [0.15, 0.2) is 5.75 Å². The fourth-order valence-corrected chi connectivity index (χ4v) is 2.94. The van der Waals surface area contributed by atoms with E-state index in [1.54, 1.807) is 12.3 Å². The van der Waals surface area contributed by atoms with Crippen LogP contribution >= 0.6 is 11.8 Å². The van der Waals surface area contributed by atoms with Crippen molar-refractivity contribution in [3.63, 3.8) is 0 Å². The minimum absolute atomic E-state index is 0.236. The number of aryl methyl sites for hydroxylation is 1. The summed E-state index contributed by atoms with van der Waals surface area (Å²) in [5.41, 5.74) is 0.806. The fraction of sp³-hybridized carbons (Fsp3) is 0.105. The van der Waals surface area contributed by atoms with Crippen molar-refractivity contribution in [1.82, 2.24) is 4.57 Å². The summed E-state index contributed by atoms with van der Waals surface area (Å²) in [5, 5.41) is 9.43. The molecule has 0 atom stereocenters. The molecule has 0 unspecified atom stereocenters. The van der Waals surface area contributed by atoms with Crippen LogP contribution in [0.2, 0.25) is 0 Å². The molecule has 0 spiro atoms. The average Bonchev–Trinajstić information content (AvgIpc) is 2.59. The van der Waals surface area contributed by atoms with E-state index in [4.69, 9.17) is 4.74 Å². The SMILES string of the molecule is Cc1ccc(Oc2ccc(SCn3cccc(O)c3=O)cc2)cc1. The van der Waals surface area contributed by atoms with Gasteiger partial charge in [-0.2, -0.15) is 0 Å². The van der Waals surface area contributed by atoms with Crippen LogP contribution in [0.5, 0.6) is 17.2 Å². The molecule has 5 heteroatoms. The third-order valence-corrected chi connectivity index (χ3v) is 4.46. The summed E-state index contributed by atoms with van der Waals surface area (Å²) < 4.78 is 7.26. The van der Waals surface area contributed by atoms with Crippen LogP contribution in [0.15, 0.2) is 76.6 Å². The Labute approximate surface area is 144 Å². The van der Waals surface area contributed by atoms with Gasteiger partial charge in [0, 0.05) is 11.1 Å². The first kappa shape index (κ1) is 16.2. The highest BCUT2D eigenvalue weighted by atomic mass is 32.2. The summed E-state index contributed by atoms with van der Waals surface area (Å²) in [6.07, 6.45) is 1.66. The molecule has 1 aromatic heterocycles. The van der Waals surface area contributed by atoms with Gasteiger partial charge in [0.05, 0.1) is 5.88 Å². The molecule has 0 bridgehead atoms. The van der Waals surface area contributed by atoms with Crippen LogP contribution in [0, 0.1) is 6.92 Å². The van der Waals surface area contributed by atoms with Crippen molar-refractivity contribution in [3.05, 3.63) is 82.8 Å². The summed E-state index contributed by atoms with van der Waals surface area (Å²) >= 11 is 1.51. The monoisotopic (exact) mass is 339 g/mol. The Balaban J connectivity index is 1.63. The minimum atomic E-state index is -0.385. The van der Waals surface area contributed by atoms with E-state index in [9.17, 15) is 9.90 Å². The number of nitrogens with zero attached hydrogens (tertiary/aromatic N) is 1. The second-order valence-electron chi connectivity index (χ2n) is 5.33. The standard InChI is InChI=1S/C19H17NO3S/c1-14-4-6-15(7-5-14)23-16-8-10-17(11-9-16)24-13-20-12-2-3-18(21)19(20)22/h2-12,21H,13H2,1H3. The minimum Gasteiger partial charge on any atom is -0.503 e. The van der Waals surface area contributed by atoms with Crippen molar-refractivity contribution >= 4 is 11.8 Å². The maximum atomic E-state index is 11.8.